The quantitative estimate of drug-likeness (QED) is 0.264. The molecule has 40 heavy (non-hydrogen) atoms. The molecule has 2 aromatic rings. The molecule has 1 atom stereocenters. The van der Waals surface area contributed by atoms with Crippen LogP contribution in [0.5, 0.6) is 0 Å². The zero-order valence-electron chi connectivity index (χ0n) is 23.4. The highest BCUT2D eigenvalue weighted by Crippen LogP contribution is 2.26. The fraction of sp³-hybridized carbons (Fsp3) is 0.429. The van der Waals surface area contributed by atoms with Crippen molar-refractivity contribution in [3.05, 3.63) is 66.2 Å². The van der Waals surface area contributed by atoms with Gasteiger partial charge in [0, 0.05) is 38.0 Å². The number of nitrogens with zero attached hydrogens (tertiary/aromatic N) is 3. The zero-order valence-corrected chi connectivity index (χ0v) is 24.2. The summed E-state index contributed by atoms with van der Waals surface area (Å²) in [4.78, 5) is 35.9. The van der Waals surface area contributed by atoms with Crippen LogP contribution in [-0.2, 0) is 4.79 Å². The van der Waals surface area contributed by atoms with E-state index in [4.69, 9.17) is 4.42 Å². The Kier molecular flexibility index (Phi) is 12.5. The summed E-state index contributed by atoms with van der Waals surface area (Å²) in [6, 6.07) is 3.12. The lowest BCUT2D eigenvalue weighted by atomic mass is 10.1. The molecule has 0 saturated heterocycles. The summed E-state index contributed by atoms with van der Waals surface area (Å²) < 4.78 is 43.3. The number of allylic oxidation sites excluding steroid dienone is 2. The molecule has 2 heterocycles. The molecule has 0 aliphatic carbocycles. The average Bonchev–Trinajstić information content (AvgIpc) is 3.43. The van der Waals surface area contributed by atoms with Crippen LogP contribution in [0.2, 0.25) is 0 Å². The lowest BCUT2D eigenvalue weighted by Gasteiger charge is -2.29. The first-order valence-electron chi connectivity index (χ1n) is 12.8. The number of oxazole rings is 1. The monoisotopic (exact) mass is 579 g/mol. The Morgan fingerprint density at radius 2 is 2.00 bits per heavy atom. The van der Waals surface area contributed by atoms with Crippen LogP contribution >= 0.6 is 11.8 Å². The third-order valence-electron chi connectivity index (χ3n) is 5.99. The second-order valence-corrected chi connectivity index (χ2v) is 9.92. The number of halogens is 3. The predicted molar refractivity (Wildman–Crippen MR) is 152 cm³/mol. The molecule has 218 valence electrons. The van der Waals surface area contributed by atoms with E-state index in [9.17, 15) is 22.8 Å². The van der Waals surface area contributed by atoms with Crippen LogP contribution < -0.4 is 10.6 Å². The average molecular weight is 580 g/mol. The molecule has 2 rings (SSSR count). The van der Waals surface area contributed by atoms with Crippen molar-refractivity contribution in [2.45, 2.75) is 46.2 Å². The highest BCUT2D eigenvalue weighted by molar-refractivity contribution is 7.98. The second kappa shape index (κ2) is 15.3. The molecule has 1 unspecified atom stereocenters. The normalized spacial score (nSPS) is 13.1. The molecule has 0 aromatic carbocycles. The Morgan fingerprint density at radius 1 is 1.27 bits per heavy atom. The Morgan fingerprint density at radius 3 is 2.60 bits per heavy atom. The van der Waals surface area contributed by atoms with Crippen molar-refractivity contribution in [2.24, 2.45) is 5.92 Å². The summed E-state index contributed by atoms with van der Waals surface area (Å²) in [5.74, 6) is 0.529. The maximum Gasteiger partial charge on any atom is 0.392 e. The van der Waals surface area contributed by atoms with Crippen molar-refractivity contribution in [3.8, 4) is 11.5 Å². The molecular formula is C28H36F3N5O3S. The summed E-state index contributed by atoms with van der Waals surface area (Å²) in [6.45, 7) is 9.93. The van der Waals surface area contributed by atoms with Gasteiger partial charge in [-0.05, 0) is 42.6 Å². The van der Waals surface area contributed by atoms with Crippen molar-refractivity contribution < 1.29 is 27.2 Å². The molecule has 12 heteroatoms. The van der Waals surface area contributed by atoms with Gasteiger partial charge in [0.05, 0.1) is 23.5 Å². The highest BCUT2D eigenvalue weighted by Gasteiger charge is 2.26. The van der Waals surface area contributed by atoms with Crippen molar-refractivity contribution in [1.82, 2.24) is 25.5 Å². The fourth-order valence-electron chi connectivity index (χ4n) is 3.68. The molecule has 0 aliphatic heterocycles. The standard InChI is InChI=1S/C28H36F3N5O3S/c1-7-20(17-40-6)15-36(25(37)8-2)19(4)23(14-32-5)34-26(38)24-16-39-27(35-24)21-10-12-33-22(13-21)18(3)9-11-28(29,30)31/h9-10,12-14,16,20,32H,4,7-8,11,15,17H2,1-3,5-6H3,(H,34,38)/b18-9-,23-14+. The van der Waals surface area contributed by atoms with Crippen LogP contribution in [0.4, 0.5) is 13.2 Å². The molecule has 0 bridgehead atoms. The summed E-state index contributed by atoms with van der Waals surface area (Å²) in [5, 5.41) is 5.62. The van der Waals surface area contributed by atoms with Gasteiger partial charge in [0.2, 0.25) is 11.8 Å². The lowest BCUT2D eigenvalue weighted by molar-refractivity contribution is -0.129. The van der Waals surface area contributed by atoms with Crippen LogP contribution in [0, 0.1) is 5.92 Å². The topological polar surface area (TPSA) is 100 Å². The van der Waals surface area contributed by atoms with E-state index in [1.165, 1.54) is 31.7 Å². The maximum atomic E-state index is 13.1. The molecule has 0 aliphatic rings. The van der Waals surface area contributed by atoms with E-state index < -0.39 is 18.5 Å². The first kappa shape index (κ1) is 32.7. The van der Waals surface area contributed by atoms with Crippen LogP contribution in [0.25, 0.3) is 17.0 Å². The third kappa shape index (κ3) is 9.58. The number of hydrogen-bond donors (Lipinski definition) is 2. The number of carbonyl (C=O) groups excluding carboxylic acids is 2. The number of nitrogens with one attached hydrogen (secondary N) is 2. The molecule has 0 radical (unpaired) electrons. The van der Waals surface area contributed by atoms with Crippen molar-refractivity contribution in [3.63, 3.8) is 0 Å². The Balaban J connectivity index is 2.25. The number of alkyl halides is 3. The maximum absolute atomic E-state index is 13.1. The first-order chi connectivity index (χ1) is 18.9. The van der Waals surface area contributed by atoms with Gasteiger partial charge in [-0.25, -0.2) is 4.98 Å². The lowest BCUT2D eigenvalue weighted by Crippen LogP contribution is -2.38. The molecule has 2 N–H and O–H groups in total. The van der Waals surface area contributed by atoms with Gasteiger partial charge >= 0.3 is 6.18 Å². The molecule has 2 amide bonds. The van der Waals surface area contributed by atoms with Crippen molar-refractivity contribution in [1.29, 1.82) is 0 Å². The minimum absolute atomic E-state index is 0.0327. The molecule has 0 saturated carbocycles. The third-order valence-corrected chi connectivity index (χ3v) is 6.79. The van der Waals surface area contributed by atoms with Crippen LogP contribution in [0.3, 0.4) is 0 Å². The van der Waals surface area contributed by atoms with Gasteiger partial charge in [0.15, 0.2) is 5.69 Å². The Hall–Kier alpha value is -3.54. The van der Waals surface area contributed by atoms with E-state index in [1.54, 1.807) is 36.7 Å². The van der Waals surface area contributed by atoms with E-state index in [2.05, 4.69) is 34.1 Å². The van der Waals surface area contributed by atoms with Crippen molar-refractivity contribution in [2.75, 3.05) is 25.6 Å². The van der Waals surface area contributed by atoms with Gasteiger partial charge in [0.1, 0.15) is 6.26 Å². The van der Waals surface area contributed by atoms with Gasteiger partial charge in [-0.15, -0.1) is 0 Å². The summed E-state index contributed by atoms with van der Waals surface area (Å²) >= 11 is 1.70. The van der Waals surface area contributed by atoms with Gasteiger partial charge in [-0.2, -0.15) is 24.9 Å². The van der Waals surface area contributed by atoms with Crippen LogP contribution in [-0.4, -0.2) is 58.5 Å². The molecule has 2 aromatic heterocycles. The highest BCUT2D eigenvalue weighted by atomic mass is 32.2. The van der Waals surface area contributed by atoms with E-state index in [-0.39, 0.29) is 29.8 Å². The first-order valence-corrected chi connectivity index (χ1v) is 14.2. The summed E-state index contributed by atoms with van der Waals surface area (Å²) in [7, 11) is 1.66. The SMILES string of the molecule is C=C(/C(=C\NC)NC(=O)c1coc(-c2ccnc(/C(C)=C\CC(F)(F)F)c2)n1)N(CC(CC)CSC)C(=O)CC. The number of amides is 2. The van der Waals surface area contributed by atoms with Gasteiger partial charge in [0.25, 0.3) is 5.91 Å². The number of aromatic nitrogens is 2. The largest absolute Gasteiger partial charge is 0.444 e. The molecule has 8 nitrogen and oxygen atoms in total. The Labute approximate surface area is 237 Å². The van der Waals surface area contributed by atoms with Crippen LogP contribution in [0.15, 0.2) is 59.3 Å². The van der Waals surface area contributed by atoms with Crippen molar-refractivity contribution >= 4 is 29.1 Å². The Bertz CT molecular complexity index is 1240. The number of rotatable bonds is 14. The molecule has 0 fully saturated rings. The minimum atomic E-state index is -4.32. The number of pyridine rings is 1. The minimum Gasteiger partial charge on any atom is -0.444 e. The smallest absolute Gasteiger partial charge is 0.392 e. The predicted octanol–water partition coefficient (Wildman–Crippen LogP) is 6.02. The van der Waals surface area contributed by atoms with E-state index in [0.29, 0.717) is 34.8 Å². The van der Waals surface area contributed by atoms with E-state index in [0.717, 1.165) is 18.2 Å². The van der Waals surface area contributed by atoms with Gasteiger partial charge < -0.3 is 20.0 Å². The van der Waals surface area contributed by atoms with E-state index in [1.807, 2.05) is 6.26 Å². The molecular weight excluding hydrogens is 543 g/mol. The number of thioether (sulfide) groups is 1. The second-order valence-electron chi connectivity index (χ2n) is 9.01. The van der Waals surface area contributed by atoms with E-state index >= 15 is 0 Å². The number of carbonyl (C=O) groups is 2. The molecule has 0 spiro atoms. The number of hydrogen-bond acceptors (Lipinski definition) is 7. The zero-order chi connectivity index (χ0) is 29.9. The summed E-state index contributed by atoms with van der Waals surface area (Å²) in [6.07, 6.45) is 2.99. The fourth-order valence-corrected chi connectivity index (χ4v) is 4.49. The summed E-state index contributed by atoms with van der Waals surface area (Å²) in [5.41, 5.74) is 1.73. The van der Waals surface area contributed by atoms with Crippen LogP contribution in [0.1, 0.15) is 56.2 Å². The van der Waals surface area contributed by atoms with Gasteiger partial charge in [-0.3, -0.25) is 14.6 Å². The van der Waals surface area contributed by atoms with Gasteiger partial charge in [-0.1, -0.05) is 32.9 Å².